The molecule has 7 heteroatoms. The van der Waals surface area contributed by atoms with Crippen LogP contribution in [0.5, 0.6) is 6.01 Å². The molecule has 3 atom stereocenters. The number of nitrogens with zero attached hydrogens (tertiary/aromatic N) is 5. The number of hydrogen-bond acceptors (Lipinski definition) is 7. The second-order valence-corrected chi connectivity index (χ2v) is 14.0. The van der Waals surface area contributed by atoms with Gasteiger partial charge in [-0.15, -0.1) is 0 Å². The first kappa shape index (κ1) is 26.3. The summed E-state index contributed by atoms with van der Waals surface area (Å²) in [4.78, 5) is 18.3. The lowest BCUT2D eigenvalue weighted by Crippen LogP contribution is -2.52. The van der Waals surface area contributed by atoms with E-state index in [1.54, 1.807) is 5.56 Å². The summed E-state index contributed by atoms with van der Waals surface area (Å²) in [5, 5.41) is 3.81. The molecule has 1 N–H and O–H groups in total. The van der Waals surface area contributed by atoms with Gasteiger partial charge in [0.25, 0.3) is 0 Å². The van der Waals surface area contributed by atoms with E-state index in [0.29, 0.717) is 24.0 Å². The van der Waals surface area contributed by atoms with Gasteiger partial charge in [0, 0.05) is 43.0 Å². The Morgan fingerprint density at radius 1 is 1.00 bits per heavy atom. The number of piperazine rings is 1. The number of aromatic nitrogens is 2. The van der Waals surface area contributed by atoms with Crippen LogP contribution in [0.3, 0.4) is 0 Å². The summed E-state index contributed by atoms with van der Waals surface area (Å²) >= 11 is 0. The molecule has 4 saturated heterocycles. The summed E-state index contributed by atoms with van der Waals surface area (Å²) in [6.07, 6.45) is 12.5. The van der Waals surface area contributed by atoms with Crippen LogP contribution in [0.15, 0.2) is 18.2 Å². The van der Waals surface area contributed by atoms with Gasteiger partial charge in [0.2, 0.25) is 0 Å². The molecular weight excluding hydrogens is 508 g/mol. The summed E-state index contributed by atoms with van der Waals surface area (Å²) < 4.78 is 6.62. The molecular formula is C34H48N6O. The van der Waals surface area contributed by atoms with Gasteiger partial charge in [-0.1, -0.05) is 26.0 Å². The standard InChI is InChI=1S/C34H48N6O/c1-3-24-7-4-8-30(31(24)23(2)25-9-10-25)38-18-13-28-29(21-38)36-33(41-22-34-14-5-16-40(34)17-6-15-34)37-32(28)39-19-26-11-12-27(20-39)35-26/h4,7-8,23,25-27,35H,3,5-6,9-22H2,1-2H3. The lowest BCUT2D eigenvalue weighted by atomic mass is 9.88. The zero-order valence-corrected chi connectivity index (χ0v) is 25.2. The predicted octanol–water partition coefficient (Wildman–Crippen LogP) is 5.06. The third-order valence-electron chi connectivity index (χ3n) is 11.5. The first-order chi connectivity index (χ1) is 20.1. The van der Waals surface area contributed by atoms with Gasteiger partial charge in [0.1, 0.15) is 12.4 Å². The molecule has 220 valence electrons. The molecule has 3 unspecified atom stereocenters. The Morgan fingerprint density at radius 3 is 2.51 bits per heavy atom. The van der Waals surface area contributed by atoms with E-state index in [-0.39, 0.29) is 5.54 Å². The maximum atomic E-state index is 6.62. The van der Waals surface area contributed by atoms with E-state index in [0.717, 1.165) is 57.4 Å². The van der Waals surface area contributed by atoms with Crippen molar-refractivity contribution in [1.82, 2.24) is 20.2 Å². The fraction of sp³-hybridized carbons (Fsp3) is 0.706. The zero-order valence-electron chi connectivity index (χ0n) is 25.2. The van der Waals surface area contributed by atoms with E-state index in [4.69, 9.17) is 14.7 Å². The van der Waals surface area contributed by atoms with Crippen LogP contribution in [0.1, 0.15) is 93.5 Å². The molecule has 6 aliphatic rings. The number of aryl methyl sites for hydroxylation is 1. The van der Waals surface area contributed by atoms with Crippen molar-refractivity contribution in [2.75, 3.05) is 49.1 Å². The van der Waals surface area contributed by atoms with E-state index in [9.17, 15) is 0 Å². The van der Waals surface area contributed by atoms with Crippen molar-refractivity contribution in [2.24, 2.45) is 5.92 Å². The van der Waals surface area contributed by atoms with Crippen molar-refractivity contribution in [3.05, 3.63) is 40.6 Å². The van der Waals surface area contributed by atoms with Gasteiger partial charge in [-0.05, 0) is 106 Å². The normalized spacial score (nSPS) is 27.7. The SMILES string of the molecule is CCc1cccc(N2CCc3c(nc(OCC45CCCN4CCC5)nc3N3CC4CCC(C3)N4)C2)c1C(C)C1CC1. The number of anilines is 2. The van der Waals surface area contributed by atoms with Gasteiger partial charge >= 0.3 is 6.01 Å². The maximum Gasteiger partial charge on any atom is 0.318 e. The lowest BCUT2D eigenvalue weighted by molar-refractivity contribution is 0.107. The summed E-state index contributed by atoms with van der Waals surface area (Å²) in [5.41, 5.74) is 7.29. The number of ether oxygens (including phenoxy) is 1. The van der Waals surface area contributed by atoms with Crippen LogP contribution in [-0.2, 0) is 19.4 Å². The average Bonchev–Trinajstić information content (AvgIpc) is 3.54. The lowest BCUT2D eigenvalue weighted by Gasteiger charge is -2.38. The molecule has 0 radical (unpaired) electrons. The summed E-state index contributed by atoms with van der Waals surface area (Å²) in [5.74, 6) is 2.63. The molecule has 0 amide bonds. The smallest absolute Gasteiger partial charge is 0.318 e. The van der Waals surface area contributed by atoms with Gasteiger partial charge in [-0.25, -0.2) is 0 Å². The number of hydrogen-bond donors (Lipinski definition) is 1. The third-order valence-corrected chi connectivity index (χ3v) is 11.5. The van der Waals surface area contributed by atoms with Crippen LogP contribution < -0.4 is 19.9 Å². The van der Waals surface area contributed by atoms with Gasteiger partial charge in [0.15, 0.2) is 0 Å². The number of nitrogens with one attached hydrogen (secondary N) is 1. The summed E-state index contributed by atoms with van der Waals surface area (Å²) in [6.45, 7) is 11.9. The van der Waals surface area contributed by atoms with Crippen LogP contribution in [0.2, 0.25) is 0 Å². The molecule has 2 bridgehead atoms. The first-order valence-electron chi connectivity index (χ1n) is 16.8. The summed E-state index contributed by atoms with van der Waals surface area (Å²) in [6, 6.07) is 8.77. The molecule has 7 nitrogen and oxygen atoms in total. The Kier molecular flexibility index (Phi) is 6.67. The largest absolute Gasteiger partial charge is 0.461 e. The van der Waals surface area contributed by atoms with Crippen LogP contribution >= 0.6 is 0 Å². The highest BCUT2D eigenvalue weighted by atomic mass is 16.5. The Morgan fingerprint density at radius 2 is 1.78 bits per heavy atom. The molecule has 6 heterocycles. The average molecular weight is 557 g/mol. The fourth-order valence-corrected chi connectivity index (χ4v) is 9.09. The minimum absolute atomic E-state index is 0.202. The predicted molar refractivity (Wildman–Crippen MR) is 164 cm³/mol. The highest BCUT2D eigenvalue weighted by molar-refractivity contribution is 5.62. The number of rotatable bonds is 8. The number of fused-ring (bicyclic) bond motifs is 4. The molecule has 1 aliphatic carbocycles. The van der Waals surface area contributed by atoms with Crippen molar-refractivity contribution in [2.45, 2.75) is 108 Å². The first-order valence-corrected chi connectivity index (χ1v) is 16.8. The second-order valence-electron chi connectivity index (χ2n) is 14.0. The Labute approximate surface area is 246 Å². The fourth-order valence-electron chi connectivity index (χ4n) is 9.09. The van der Waals surface area contributed by atoms with E-state index in [1.807, 2.05) is 0 Å². The van der Waals surface area contributed by atoms with Crippen LogP contribution in [-0.4, -0.2) is 71.8 Å². The van der Waals surface area contributed by atoms with E-state index in [2.05, 4.69) is 52.1 Å². The maximum absolute atomic E-state index is 6.62. The van der Waals surface area contributed by atoms with Gasteiger partial charge in [-0.2, -0.15) is 9.97 Å². The monoisotopic (exact) mass is 556 g/mol. The molecule has 2 aromatic rings. The molecule has 0 spiro atoms. The Bertz CT molecular complexity index is 1270. The highest BCUT2D eigenvalue weighted by Gasteiger charge is 2.45. The van der Waals surface area contributed by atoms with Crippen molar-refractivity contribution in [1.29, 1.82) is 0 Å². The second kappa shape index (κ2) is 10.4. The Balaban J connectivity index is 1.13. The van der Waals surface area contributed by atoms with Crippen molar-refractivity contribution >= 4 is 11.5 Å². The molecule has 8 rings (SSSR count). The number of benzene rings is 1. The van der Waals surface area contributed by atoms with Crippen LogP contribution in [0, 0.1) is 5.92 Å². The van der Waals surface area contributed by atoms with Crippen LogP contribution in [0.4, 0.5) is 11.5 Å². The summed E-state index contributed by atoms with van der Waals surface area (Å²) in [7, 11) is 0. The molecule has 5 fully saturated rings. The molecule has 1 saturated carbocycles. The van der Waals surface area contributed by atoms with E-state index < -0.39 is 0 Å². The quantitative estimate of drug-likeness (QED) is 0.488. The van der Waals surface area contributed by atoms with Gasteiger partial charge in [-0.3, -0.25) is 4.90 Å². The molecule has 41 heavy (non-hydrogen) atoms. The topological polar surface area (TPSA) is 56.8 Å². The van der Waals surface area contributed by atoms with Gasteiger partial charge in [0.05, 0.1) is 17.8 Å². The molecule has 5 aliphatic heterocycles. The Hall–Kier alpha value is -2.38. The zero-order chi connectivity index (χ0) is 27.6. The van der Waals surface area contributed by atoms with E-state index >= 15 is 0 Å². The minimum atomic E-state index is 0.202. The highest BCUT2D eigenvalue weighted by Crippen LogP contribution is 2.47. The van der Waals surface area contributed by atoms with Crippen molar-refractivity contribution < 1.29 is 4.74 Å². The molecule has 1 aromatic carbocycles. The van der Waals surface area contributed by atoms with E-state index in [1.165, 1.54) is 87.0 Å². The van der Waals surface area contributed by atoms with Crippen molar-refractivity contribution in [3.8, 4) is 6.01 Å². The van der Waals surface area contributed by atoms with Gasteiger partial charge < -0.3 is 19.9 Å². The molecule has 1 aromatic heterocycles. The van der Waals surface area contributed by atoms with Crippen LogP contribution in [0.25, 0.3) is 0 Å². The minimum Gasteiger partial charge on any atom is -0.461 e. The van der Waals surface area contributed by atoms with Crippen molar-refractivity contribution in [3.63, 3.8) is 0 Å². The third kappa shape index (κ3) is 4.71.